The number of hydrogen-bond acceptors (Lipinski definition) is 4. The summed E-state index contributed by atoms with van der Waals surface area (Å²) >= 11 is 0. The summed E-state index contributed by atoms with van der Waals surface area (Å²) in [6.45, 7) is 5.31. The van der Waals surface area contributed by atoms with Gasteiger partial charge in [-0.05, 0) is 33.4 Å². The largest absolute Gasteiger partial charge is 0.395 e. The zero-order valence-electron chi connectivity index (χ0n) is 10.1. The van der Waals surface area contributed by atoms with Crippen LogP contribution in [0, 0.1) is 0 Å². The number of aliphatic hydroxyl groups is 1. The van der Waals surface area contributed by atoms with Gasteiger partial charge in [0.2, 0.25) is 0 Å². The molecule has 1 aliphatic heterocycles. The van der Waals surface area contributed by atoms with Crippen LogP contribution in [0.4, 0.5) is 0 Å². The standard InChI is InChI=1S/C11H24N2O2/c1-11(15-3)5-4-6-13(9-11)7-10(8-14)12-2/h10,12,14H,4-9H2,1-3H3. The molecule has 2 atom stereocenters. The van der Waals surface area contributed by atoms with Crippen LogP contribution in [-0.2, 0) is 4.74 Å². The fraction of sp³-hybridized carbons (Fsp3) is 1.00. The molecule has 90 valence electrons. The summed E-state index contributed by atoms with van der Waals surface area (Å²) in [7, 11) is 3.67. The topological polar surface area (TPSA) is 44.7 Å². The SMILES string of the molecule is CNC(CO)CN1CCCC(C)(OC)C1. The first-order valence-electron chi connectivity index (χ1n) is 5.69. The number of hydrogen-bond donors (Lipinski definition) is 2. The van der Waals surface area contributed by atoms with Gasteiger partial charge < -0.3 is 15.2 Å². The molecule has 1 rings (SSSR count). The zero-order valence-corrected chi connectivity index (χ0v) is 10.1. The minimum absolute atomic E-state index is 0.00794. The number of likely N-dealkylation sites (tertiary alicyclic amines) is 1. The van der Waals surface area contributed by atoms with Gasteiger partial charge in [0.25, 0.3) is 0 Å². The Labute approximate surface area is 92.6 Å². The monoisotopic (exact) mass is 216 g/mol. The number of rotatable bonds is 5. The molecule has 0 aromatic carbocycles. The summed E-state index contributed by atoms with van der Waals surface area (Å²) in [4.78, 5) is 2.37. The quantitative estimate of drug-likeness (QED) is 0.682. The van der Waals surface area contributed by atoms with Crippen LogP contribution in [0.15, 0.2) is 0 Å². The van der Waals surface area contributed by atoms with Crippen molar-refractivity contribution in [3.8, 4) is 0 Å². The molecule has 0 aliphatic carbocycles. The Kier molecular flexibility index (Phi) is 4.99. The summed E-state index contributed by atoms with van der Waals surface area (Å²) in [6.07, 6.45) is 2.30. The van der Waals surface area contributed by atoms with E-state index in [1.54, 1.807) is 7.11 Å². The summed E-state index contributed by atoms with van der Waals surface area (Å²) < 4.78 is 5.53. The third-order valence-electron chi connectivity index (χ3n) is 3.34. The van der Waals surface area contributed by atoms with Gasteiger partial charge in [0, 0.05) is 26.2 Å². The summed E-state index contributed by atoms with van der Waals surface area (Å²) in [5.41, 5.74) is -0.00794. The second kappa shape index (κ2) is 5.80. The minimum atomic E-state index is -0.00794. The molecule has 0 radical (unpaired) electrons. The molecule has 0 amide bonds. The van der Waals surface area contributed by atoms with Crippen molar-refractivity contribution in [1.82, 2.24) is 10.2 Å². The maximum absolute atomic E-state index is 9.12. The van der Waals surface area contributed by atoms with E-state index in [2.05, 4.69) is 17.1 Å². The number of nitrogens with zero attached hydrogens (tertiary/aromatic N) is 1. The average Bonchev–Trinajstić information content (AvgIpc) is 2.26. The fourth-order valence-corrected chi connectivity index (χ4v) is 2.18. The molecular formula is C11H24N2O2. The van der Waals surface area contributed by atoms with Gasteiger partial charge in [-0.25, -0.2) is 0 Å². The van der Waals surface area contributed by atoms with Gasteiger partial charge >= 0.3 is 0 Å². The highest BCUT2D eigenvalue weighted by molar-refractivity contribution is 4.86. The molecular weight excluding hydrogens is 192 g/mol. The number of aliphatic hydroxyl groups excluding tert-OH is 1. The number of ether oxygens (including phenoxy) is 1. The van der Waals surface area contributed by atoms with Crippen molar-refractivity contribution in [2.24, 2.45) is 0 Å². The van der Waals surface area contributed by atoms with Crippen LogP contribution in [-0.4, -0.2) is 62.0 Å². The molecule has 1 saturated heterocycles. The van der Waals surface area contributed by atoms with Crippen molar-refractivity contribution in [2.75, 3.05) is 40.4 Å². The van der Waals surface area contributed by atoms with Gasteiger partial charge in [0.05, 0.1) is 12.2 Å². The first kappa shape index (κ1) is 12.9. The number of methoxy groups -OCH3 is 1. The third-order valence-corrected chi connectivity index (χ3v) is 3.34. The molecule has 2 N–H and O–H groups in total. The van der Waals surface area contributed by atoms with E-state index in [4.69, 9.17) is 9.84 Å². The van der Waals surface area contributed by atoms with E-state index in [1.807, 2.05) is 7.05 Å². The highest BCUT2D eigenvalue weighted by Crippen LogP contribution is 2.23. The lowest BCUT2D eigenvalue weighted by atomic mass is 9.94. The Morgan fingerprint density at radius 1 is 1.60 bits per heavy atom. The van der Waals surface area contributed by atoms with Crippen molar-refractivity contribution < 1.29 is 9.84 Å². The molecule has 0 spiro atoms. The Balaban J connectivity index is 2.42. The normalized spacial score (nSPS) is 30.4. The van der Waals surface area contributed by atoms with Crippen molar-refractivity contribution >= 4 is 0 Å². The van der Waals surface area contributed by atoms with Gasteiger partial charge in [0.1, 0.15) is 0 Å². The lowest BCUT2D eigenvalue weighted by molar-refractivity contribution is -0.0531. The second-order valence-electron chi connectivity index (χ2n) is 4.66. The smallest absolute Gasteiger partial charge is 0.0777 e. The maximum Gasteiger partial charge on any atom is 0.0777 e. The minimum Gasteiger partial charge on any atom is -0.395 e. The van der Waals surface area contributed by atoms with E-state index >= 15 is 0 Å². The Bertz CT molecular complexity index is 185. The first-order valence-corrected chi connectivity index (χ1v) is 5.69. The molecule has 4 nitrogen and oxygen atoms in total. The molecule has 15 heavy (non-hydrogen) atoms. The number of nitrogens with one attached hydrogen (secondary N) is 1. The molecule has 2 unspecified atom stereocenters. The molecule has 4 heteroatoms. The van der Waals surface area contributed by atoms with Crippen LogP contribution in [0.1, 0.15) is 19.8 Å². The van der Waals surface area contributed by atoms with E-state index in [0.29, 0.717) is 0 Å². The summed E-state index contributed by atoms with van der Waals surface area (Å²) in [6, 6.07) is 0.171. The van der Waals surface area contributed by atoms with Crippen molar-refractivity contribution in [3.63, 3.8) is 0 Å². The Morgan fingerprint density at radius 2 is 2.33 bits per heavy atom. The number of likely N-dealkylation sites (N-methyl/N-ethyl adjacent to an activating group) is 1. The van der Waals surface area contributed by atoms with Crippen LogP contribution in [0.5, 0.6) is 0 Å². The van der Waals surface area contributed by atoms with Gasteiger partial charge in [-0.1, -0.05) is 0 Å². The van der Waals surface area contributed by atoms with Crippen LogP contribution >= 0.6 is 0 Å². The zero-order chi connectivity index (χ0) is 11.3. The van der Waals surface area contributed by atoms with Crippen molar-refractivity contribution in [3.05, 3.63) is 0 Å². The van der Waals surface area contributed by atoms with E-state index in [9.17, 15) is 0 Å². The molecule has 0 saturated carbocycles. The maximum atomic E-state index is 9.12. The predicted molar refractivity (Wildman–Crippen MR) is 61.0 cm³/mol. The summed E-state index contributed by atoms with van der Waals surface area (Å²) in [5, 5.41) is 12.2. The predicted octanol–water partition coefficient (Wildman–Crippen LogP) is 0.0676. The van der Waals surface area contributed by atoms with E-state index < -0.39 is 0 Å². The van der Waals surface area contributed by atoms with Crippen LogP contribution in [0.3, 0.4) is 0 Å². The van der Waals surface area contributed by atoms with E-state index in [-0.39, 0.29) is 18.2 Å². The average molecular weight is 216 g/mol. The van der Waals surface area contributed by atoms with E-state index in [1.165, 1.54) is 6.42 Å². The lowest BCUT2D eigenvalue weighted by Gasteiger charge is -2.40. The van der Waals surface area contributed by atoms with Crippen LogP contribution in [0.2, 0.25) is 0 Å². The highest BCUT2D eigenvalue weighted by atomic mass is 16.5. The molecule has 0 aromatic rings. The molecule has 1 fully saturated rings. The number of piperidine rings is 1. The molecule has 0 bridgehead atoms. The van der Waals surface area contributed by atoms with Crippen molar-refractivity contribution in [1.29, 1.82) is 0 Å². The third kappa shape index (κ3) is 3.72. The second-order valence-corrected chi connectivity index (χ2v) is 4.66. The van der Waals surface area contributed by atoms with E-state index in [0.717, 1.165) is 26.1 Å². The van der Waals surface area contributed by atoms with Gasteiger partial charge in [-0.2, -0.15) is 0 Å². The van der Waals surface area contributed by atoms with Gasteiger partial charge in [-0.15, -0.1) is 0 Å². The van der Waals surface area contributed by atoms with Crippen LogP contribution in [0.25, 0.3) is 0 Å². The summed E-state index contributed by atoms with van der Waals surface area (Å²) in [5.74, 6) is 0. The molecule has 1 aliphatic rings. The highest BCUT2D eigenvalue weighted by Gasteiger charge is 2.31. The lowest BCUT2D eigenvalue weighted by Crippen LogP contribution is -2.51. The van der Waals surface area contributed by atoms with Crippen LogP contribution < -0.4 is 5.32 Å². The Hall–Kier alpha value is -0.160. The molecule has 1 heterocycles. The Morgan fingerprint density at radius 3 is 2.87 bits per heavy atom. The fourth-order valence-electron chi connectivity index (χ4n) is 2.18. The van der Waals surface area contributed by atoms with Gasteiger partial charge in [0.15, 0.2) is 0 Å². The van der Waals surface area contributed by atoms with Crippen molar-refractivity contribution in [2.45, 2.75) is 31.4 Å². The molecule has 0 aromatic heterocycles. The first-order chi connectivity index (χ1) is 7.13. The van der Waals surface area contributed by atoms with Gasteiger partial charge in [-0.3, -0.25) is 4.90 Å².